The lowest BCUT2D eigenvalue weighted by atomic mass is 10.0. The minimum Gasteiger partial charge on any atom is -0.457 e. The summed E-state index contributed by atoms with van der Waals surface area (Å²) < 4.78 is 7.80. The first-order valence-corrected chi connectivity index (χ1v) is 7.26. The van der Waals surface area contributed by atoms with Crippen molar-refractivity contribution in [1.82, 2.24) is 4.90 Å². The normalized spacial score (nSPS) is 16.5. The Labute approximate surface area is 117 Å². The fourth-order valence-electron chi connectivity index (χ4n) is 2.02. The molecule has 1 aliphatic heterocycles. The predicted octanol–water partition coefficient (Wildman–Crippen LogP) is 2.26. The molecule has 0 aromatic heterocycles. The first-order chi connectivity index (χ1) is 8.66. The highest BCUT2D eigenvalue weighted by Gasteiger charge is 2.44. The predicted molar refractivity (Wildman–Crippen MR) is 77.6 cm³/mol. The molecule has 1 rings (SSSR count). The van der Waals surface area contributed by atoms with Crippen molar-refractivity contribution in [2.75, 3.05) is 19.6 Å². The molecule has 0 atom stereocenters. The number of carbonyl (C=O) groups excluding carboxylic acids is 1. The Morgan fingerprint density at radius 2 is 1.95 bits per heavy atom. The summed E-state index contributed by atoms with van der Waals surface area (Å²) in [6.07, 6.45) is 4.47. The average Bonchev–Trinajstić information content (AvgIpc) is 2.73. The van der Waals surface area contributed by atoms with Crippen molar-refractivity contribution in [2.45, 2.75) is 65.5 Å². The summed E-state index contributed by atoms with van der Waals surface area (Å²) in [5.74, 6) is -0.159. The lowest BCUT2D eigenvalue weighted by Gasteiger charge is -2.30. The van der Waals surface area contributed by atoms with Crippen LogP contribution in [0, 0.1) is 0 Å². The molecule has 0 saturated carbocycles. The van der Waals surface area contributed by atoms with Gasteiger partial charge in [-0.3, -0.25) is 4.58 Å². The van der Waals surface area contributed by atoms with Gasteiger partial charge in [-0.05, 0) is 41.0 Å². The molecule has 0 aliphatic carbocycles. The van der Waals surface area contributed by atoms with E-state index in [1.165, 1.54) is 12.8 Å². The Morgan fingerprint density at radius 1 is 1.32 bits per heavy atom. The van der Waals surface area contributed by atoms with Gasteiger partial charge in [0, 0.05) is 0 Å². The van der Waals surface area contributed by atoms with Crippen LogP contribution >= 0.6 is 0 Å². The summed E-state index contributed by atoms with van der Waals surface area (Å²) in [6.45, 7) is 14.7. The molecule has 0 bridgehead atoms. The van der Waals surface area contributed by atoms with Gasteiger partial charge in [-0.15, -0.1) is 0 Å². The van der Waals surface area contributed by atoms with E-state index in [9.17, 15) is 4.79 Å². The van der Waals surface area contributed by atoms with E-state index in [4.69, 9.17) is 4.74 Å². The second-order valence-electron chi connectivity index (χ2n) is 6.76. The summed E-state index contributed by atoms with van der Waals surface area (Å²) in [5, 5.41) is 0. The highest BCUT2D eigenvalue weighted by molar-refractivity contribution is 5.82. The van der Waals surface area contributed by atoms with Crippen molar-refractivity contribution in [3.63, 3.8) is 0 Å². The monoisotopic (exact) mass is 269 g/mol. The Kier molecular flexibility index (Phi) is 4.99. The quantitative estimate of drug-likeness (QED) is 0.567. The standard InChI is InChI=1S/C15H29N2O2/c1-7-8-9-16-10-11-17(12-16)15(5,6)13(18)19-14(2,3)4/h12H,7-11H2,1-6H3/q+1. The van der Waals surface area contributed by atoms with E-state index in [0.717, 1.165) is 19.6 Å². The minimum absolute atomic E-state index is 0.159. The zero-order valence-corrected chi connectivity index (χ0v) is 13.3. The van der Waals surface area contributed by atoms with Gasteiger partial charge in [0.25, 0.3) is 0 Å². The van der Waals surface area contributed by atoms with Crippen molar-refractivity contribution in [1.29, 1.82) is 0 Å². The van der Waals surface area contributed by atoms with Gasteiger partial charge in [-0.2, -0.15) is 0 Å². The largest absolute Gasteiger partial charge is 0.457 e. The third-order valence-electron chi connectivity index (χ3n) is 3.35. The zero-order chi connectivity index (χ0) is 14.7. The second-order valence-corrected chi connectivity index (χ2v) is 6.76. The molecule has 19 heavy (non-hydrogen) atoms. The summed E-state index contributed by atoms with van der Waals surface area (Å²) in [5.41, 5.74) is -1.04. The number of carbonyl (C=O) groups is 1. The Hall–Kier alpha value is -1.06. The van der Waals surface area contributed by atoms with Crippen LogP contribution in [0.3, 0.4) is 0 Å². The summed E-state index contributed by atoms with van der Waals surface area (Å²) in [6, 6.07) is 0. The van der Waals surface area contributed by atoms with E-state index >= 15 is 0 Å². The van der Waals surface area contributed by atoms with Crippen LogP contribution in [0.1, 0.15) is 54.4 Å². The molecule has 0 fully saturated rings. The molecule has 0 unspecified atom stereocenters. The molecule has 1 heterocycles. The molecule has 0 amide bonds. The van der Waals surface area contributed by atoms with E-state index in [0.29, 0.717) is 0 Å². The molecule has 0 radical (unpaired) electrons. The van der Waals surface area contributed by atoms with E-state index in [1.54, 1.807) is 0 Å². The van der Waals surface area contributed by atoms with Gasteiger partial charge in [0.2, 0.25) is 6.34 Å². The highest BCUT2D eigenvalue weighted by atomic mass is 16.6. The number of hydrogen-bond acceptors (Lipinski definition) is 3. The van der Waals surface area contributed by atoms with E-state index in [-0.39, 0.29) is 5.97 Å². The van der Waals surface area contributed by atoms with Crippen LogP contribution in [0.5, 0.6) is 0 Å². The van der Waals surface area contributed by atoms with Gasteiger partial charge in [-0.25, -0.2) is 9.69 Å². The van der Waals surface area contributed by atoms with Gasteiger partial charge >= 0.3 is 5.97 Å². The molecule has 0 saturated heterocycles. The minimum atomic E-state index is -0.603. The molecular weight excluding hydrogens is 240 g/mol. The van der Waals surface area contributed by atoms with Gasteiger partial charge in [0.05, 0.1) is 6.54 Å². The topological polar surface area (TPSA) is 32.5 Å². The van der Waals surface area contributed by atoms with Gasteiger partial charge in [0.1, 0.15) is 18.7 Å². The van der Waals surface area contributed by atoms with Crippen molar-refractivity contribution >= 4 is 12.3 Å². The van der Waals surface area contributed by atoms with E-state index in [2.05, 4.69) is 22.7 Å². The third kappa shape index (κ3) is 4.51. The van der Waals surface area contributed by atoms with Crippen LogP contribution in [-0.4, -0.2) is 52.6 Å². The van der Waals surface area contributed by atoms with E-state index < -0.39 is 11.1 Å². The van der Waals surface area contributed by atoms with Crippen LogP contribution in [0.4, 0.5) is 0 Å². The van der Waals surface area contributed by atoms with Crippen molar-refractivity contribution < 1.29 is 14.1 Å². The van der Waals surface area contributed by atoms with Gasteiger partial charge in [-0.1, -0.05) is 13.3 Å². The Balaban J connectivity index is 2.68. The number of rotatable bonds is 5. The molecular formula is C15H29N2O2+. The maximum atomic E-state index is 12.3. The molecule has 0 N–H and O–H groups in total. The number of unbranched alkanes of at least 4 members (excludes halogenated alkanes) is 1. The summed E-state index contributed by atoms with van der Waals surface area (Å²) in [4.78, 5) is 14.4. The first kappa shape index (κ1) is 16.0. The Bertz CT molecular complexity index is 354. The number of ether oxygens (including phenoxy) is 1. The fourth-order valence-corrected chi connectivity index (χ4v) is 2.02. The van der Waals surface area contributed by atoms with Crippen LogP contribution in [0.25, 0.3) is 0 Å². The molecule has 4 nitrogen and oxygen atoms in total. The van der Waals surface area contributed by atoms with Crippen LogP contribution in [0.15, 0.2) is 0 Å². The van der Waals surface area contributed by atoms with Crippen LogP contribution < -0.4 is 0 Å². The lowest BCUT2D eigenvalue weighted by molar-refractivity contribution is -0.514. The number of nitrogens with zero attached hydrogens (tertiary/aromatic N) is 2. The smallest absolute Gasteiger partial charge is 0.354 e. The van der Waals surface area contributed by atoms with Gasteiger partial charge in [0.15, 0.2) is 5.54 Å². The lowest BCUT2D eigenvalue weighted by Crippen LogP contribution is -2.51. The maximum absolute atomic E-state index is 12.3. The Morgan fingerprint density at radius 3 is 2.47 bits per heavy atom. The first-order valence-electron chi connectivity index (χ1n) is 7.26. The molecule has 4 heteroatoms. The van der Waals surface area contributed by atoms with Crippen LogP contribution in [0.2, 0.25) is 0 Å². The van der Waals surface area contributed by atoms with Crippen LogP contribution in [-0.2, 0) is 9.53 Å². The van der Waals surface area contributed by atoms with Crippen molar-refractivity contribution in [3.8, 4) is 0 Å². The SMILES string of the molecule is CCCC[N+]1=CN(C(C)(C)C(=O)OC(C)(C)C)CC1. The molecule has 0 aromatic rings. The molecule has 1 aliphatic rings. The van der Waals surface area contributed by atoms with Gasteiger partial charge < -0.3 is 4.74 Å². The summed E-state index contributed by atoms with van der Waals surface area (Å²) >= 11 is 0. The summed E-state index contributed by atoms with van der Waals surface area (Å²) in [7, 11) is 0. The van der Waals surface area contributed by atoms with Crippen molar-refractivity contribution in [3.05, 3.63) is 0 Å². The second kappa shape index (κ2) is 5.93. The van der Waals surface area contributed by atoms with Crippen molar-refractivity contribution in [2.24, 2.45) is 0 Å². The molecule has 0 spiro atoms. The molecule has 110 valence electrons. The highest BCUT2D eigenvalue weighted by Crippen LogP contribution is 2.20. The zero-order valence-electron chi connectivity index (χ0n) is 13.3. The third-order valence-corrected chi connectivity index (χ3v) is 3.35. The maximum Gasteiger partial charge on any atom is 0.354 e. The average molecular weight is 269 g/mol. The number of hydrogen-bond donors (Lipinski definition) is 0. The molecule has 0 aromatic carbocycles. The number of esters is 1. The van der Waals surface area contributed by atoms with E-state index in [1.807, 2.05) is 34.6 Å². The fraction of sp³-hybridized carbons (Fsp3) is 0.867.